The van der Waals surface area contributed by atoms with Crippen molar-refractivity contribution in [2.75, 3.05) is 13.2 Å². The number of carboxylic acid groups (broad SMARTS) is 2. The van der Waals surface area contributed by atoms with E-state index in [4.69, 9.17) is 14.2 Å². The number of aliphatic hydroxyl groups excluding tert-OH is 2. The van der Waals surface area contributed by atoms with Gasteiger partial charge in [-0.05, 0) is 222 Å². The third kappa shape index (κ3) is 10.3. The largest absolute Gasteiger partial charge is 0.504 e. The molecular formula is C65H96O11. The molecule has 11 heteroatoms. The van der Waals surface area contributed by atoms with E-state index in [1.165, 1.54) is 24.5 Å². The molecule has 0 spiro atoms. The minimum atomic E-state index is -0.756. The zero-order valence-corrected chi connectivity index (χ0v) is 49.5. The number of hydrogen-bond acceptors (Lipinski definition) is 9. The molecule has 8 aliphatic rings. The maximum atomic E-state index is 13.9. The van der Waals surface area contributed by atoms with Gasteiger partial charge in [-0.3, -0.25) is 19.2 Å². The van der Waals surface area contributed by atoms with Crippen LogP contribution in [0.3, 0.4) is 0 Å². The summed E-state index contributed by atoms with van der Waals surface area (Å²) in [6.07, 6.45) is 21.7. The number of benzene rings is 1. The van der Waals surface area contributed by atoms with Crippen molar-refractivity contribution in [2.24, 2.45) is 61.1 Å². The predicted molar refractivity (Wildman–Crippen MR) is 299 cm³/mol. The predicted octanol–water partition coefficient (Wildman–Crippen LogP) is 15.7. The van der Waals surface area contributed by atoms with Gasteiger partial charge in [-0.25, -0.2) is 0 Å². The lowest BCUT2D eigenvalue weighted by molar-refractivity contribution is -0.160. The van der Waals surface area contributed by atoms with Crippen LogP contribution in [-0.4, -0.2) is 62.9 Å². The standard InChI is InChI=1S/C32H44O5.C29H44O5.C4H8O/c1-10-31(8)24-16-22(33)25-19(3)26-23(36-28(4,5)37-26)15-20(25)30(24,7)13-14-32(31,9)21-17-29(6,27(34)35)12-11-18(21)2;1-19-16-20(30)17-22-27(5,9-8-21(31)23(19)32)13-14-28(6)18-26(4,12-15-29(22,28)7)11-10-25(2,3)24(33)34;1-2-4-5-3-1/h15-16,18,21H,10-14,17H2,1-9H3,(H,34,35);8-9,16,22,31-32H,10-15,17-18H2,1-7H3,(H,33,34);1-4H2/b;9-8+,19-16+,23-21-;/t18-,21-,29-,30+,31-,32+;22?,26-,27-,28+,29-;/m11./s1. The number of carboxylic acids is 2. The van der Waals surface area contributed by atoms with Crippen LogP contribution in [0, 0.1) is 68.0 Å². The van der Waals surface area contributed by atoms with Gasteiger partial charge in [0.15, 0.2) is 34.6 Å². The molecule has 9 rings (SSSR count). The lowest BCUT2D eigenvalue weighted by atomic mass is 9.39. The summed E-state index contributed by atoms with van der Waals surface area (Å²) < 4.78 is 17.2. The average Bonchev–Trinajstić information content (AvgIpc) is 4.04. The van der Waals surface area contributed by atoms with E-state index in [0.29, 0.717) is 36.5 Å². The molecule has 1 saturated heterocycles. The van der Waals surface area contributed by atoms with Crippen LogP contribution in [0.25, 0.3) is 0 Å². The van der Waals surface area contributed by atoms with Crippen LogP contribution in [0.4, 0.5) is 0 Å². The Hall–Kier alpha value is -4.38. The molecule has 76 heavy (non-hydrogen) atoms. The zero-order valence-electron chi connectivity index (χ0n) is 49.5. The van der Waals surface area contributed by atoms with Crippen molar-refractivity contribution in [3.63, 3.8) is 0 Å². The summed E-state index contributed by atoms with van der Waals surface area (Å²) in [6, 6.07) is 2.07. The van der Waals surface area contributed by atoms with E-state index in [9.17, 15) is 39.6 Å². The molecule has 0 aromatic heterocycles. The molecule has 0 bridgehead atoms. The first-order valence-corrected chi connectivity index (χ1v) is 28.9. The number of carbonyl (C=O) groups is 4. The van der Waals surface area contributed by atoms with Gasteiger partial charge in [0.2, 0.25) is 5.79 Å². The first kappa shape index (κ1) is 59.3. The molecular weight excluding hydrogens is 957 g/mol. The average molecular weight is 1050 g/mol. The normalized spacial score (nSPS) is 40.7. The summed E-state index contributed by atoms with van der Waals surface area (Å²) in [5.74, 6) is -0.341. The summed E-state index contributed by atoms with van der Waals surface area (Å²) in [5, 5.41) is 40.3. The van der Waals surface area contributed by atoms with Crippen LogP contribution in [0.1, 0.15) is 228 Å². The molecule has 11 nitrogen and oxygen atoms in total. The number of carbonyl (C=O) groups excluding carboxylic acids is 2. The maximum absolute atomic E-state index is 13.9. The number of ether oxygens (including phenoxy) is 3. The molecule has 0 amide bonds. The Bertz CT molecular complexity index is 2600. The molecule has 4 N–H and O–H groups in total. The first-order chi connectivity index (χ1) is 35.0. The second-order valence-corrected chi connectivity index (χ2v) is 28.5. The molecule has 5 fully saturated rings. The molecule has 11 atom stereocenters. The van der Waals surface area contributed by atoms with Gasteiger partial charge in [0.25, 0.3) is 0 Å². The third-order valence-corrected chi connectivity index (χ3v) is 22.5. The van der Waals surface area contributed by atoms with Crippen LogP contribution >= 0.6 is 0 Å². The summed E-state index contributed by atoms with van der Waals surface area (Å²) in [6.45, 7) is 35.8. The second-order valence-electron chi connectivity index (χ2n) is 28.5. The minimum Gasteiger partial charge on any atom is -0.504 e. The van der Waals surface area contributed by atoms with Crippen molar-refractivity contribution >= 4 is 23.5 Å². The fourth-order valence-corrected chi connectivity index (χ4v) is 16.4. The van der Waals surface area contributed by atoms with E-state index >= 15 is 0 Å². The van der Waals surface area contributed by atoms with Gasteiger partial charge in [0.1, 0.15) is 0 Å². The fourth-order valence-electron chi connectivity index (χ4n) is 16.4. The highest BCUT2D eigenvalue weighted by Gasteiger charge is 2.64. The van der Waals surface area contributed by atoms with Crippen LogP contribution in [0.5, 0.6) is 11.5 Å². The van der Waals surface area contributed by atoms with Crippen molar-refractivity contribution in [3.05, 3.63) is 69.7 Å². The van der Waals surface area contributed by atoms with Gasteiger partial charge in [-0.15, -0.1) is 0 Å². The van der Waals surface area contributed by atoms with Crippen molar-refractivity contribution < 1.29 is 53.8 Å². The molecule has 1 aromatic carbocycles. The quantitative estimate of drug-likeness (QED) is 0.204. The van der Waals surface area contributed by atoms with Crippen LogP contribution < -0.4 is 9.47 Å². The van der Waals surface area contributed by atoms with E-state index in [1.807, 2.05) is 53.7 Å². The molecule has 2 aliphatic heterocycles. The first-order valence-electron chi connectivity index (χ1n) is 28.9. The molecule has 1 unspecified atom stereocenters. The summed E-state index contributed by atoms with van der Waals surface area (Å²) in [5.41, 5.74) is 1.98. The second kappa shape index (κ2) is 20.4. The Labute approximate surface area is 455 Å². The highest BCUT2D eigenvalue weighted by molar-refractivity contribution is 6.10. The van der Waals surface area contributed by atoms with Gasteiger partial charge in [0.05, 0.1) is 10.8 Å². The van der Waals surface area contributed by atoms with E-state index in [-0.39, 0.29) is 72.8 Å². The Morgan fingerprint density at radius 1 is 0.816 bits per heavy atom. The van der Waals surface area contributed by atoms with E-state index < -0.39 is 28.6 Å². The Kier molecular flexibility index (Phi) is 15.9. The van der Waals surface area contributed by atoms with Crippen molar-refractivity contribution in [3.8, 4) is 11.5 Å². The Morgan fingerprint density at radius 2 is 1.46 bits per heavy atom. The smallest absolute Gasteiger partial charge is 0.309 e. The number of fused-ring (bicyclic) bond motifs is 7. The highest BCUT2D eigenvalue weighted by Crippen LogP contribution is 2.71. The van der Waals surface area contributed by atoms with Gasteiger partial charge < -0.3 is 34.6 Å². The number of ketones is 2. The Balaban J connectivity index is 0.000000203. The summed E-state index contributed by atoms with van der Waals surface area (Å²) in [7, 11) is 0. The summed E-state index contributed by atoms with van der Waals surface area (Å²) >= 11 is 0. The summed E-state index contributed by atoms with van der Waals surface area (Å²) in [4.78, 5) is 50.9. The third-order valence-electron chi connectivity index (χ3n) is 22.5. The zero-order chi connectivity index (χ0) is 56.6. The van der Waals surface area contributed by atoms with Gasteiger partial charge in [0, 0.05) is 50.0 Å². The number of hydrogen-bond donors (Lipinski definition) is 4. The van der Waals surface area contributed by atoms with E-state index in [2.05, 4.69) is 68.4 Å². The molecule has 1 aromatic rings. The molecule has 0 radical (unpaired) electrons. The molecule has 2 heterocycles. The van der Waals surface area contributed by atoms with E-state index in [1.54, 1.807) is 13.0 Å². The number of allylic oxidation sites excluding steroid dienone is 6. The highest BCUT2D eigenvalue weighted by atomic mass is 16.7. The molecule has 6 aliphatic carbocycles. The number of aliphatic hydroxyl groups is 2. The SMILES string of the molecule is C1CCOC1.CC1=C\C(=O)CC2[C@](C)(/C=C/C(O)=C\1O)CC[C@@]1(C)C[C@](C)(CCC(C)(C)C(=O)O)CC[C@]21C.CC[C@]1(C)C2=CC(=O)c3c(cc4c(c3C)OC(C)(C)O4)[C@]2(C)CC[C@@]1(C)[C@@H]1C[C@](C)(C(=O)O)CC[C@H]1C. The topological polar surface area (TPSA) is 177 Å². The van der Waals surface area contributed by atoms with Crippen LogP contribution in [0.2, 0.25) is 0 Å². The lowest BCUT2D eigenvalue weighted by Crippen LogP contribution is -2.58. The molecule has 422 valence electrons. The van der Waals surface area contributed by atoms with Gasteiger partial charge in [-0.1, -0.05) is 68.4 Å². The van der Waals surface area contributed by atoms with Crippen LogP contribution in [0.15, 0.2) is 53.0 Å². The lowest BCUT2D eigenvalue weighted by Gasteiger charge is -2.66. The number of rotatable bonds is 7. The van der Waals surface area contributed by atoms with Gasteiger partial charge >= 0.3 is 11.9 Å². The maximum Gasteiger partial charge on any atom is 0.309 e. The van der Waals surface area contributed by atoms with Crippen LogP contribution in [-0.2, 0) is 24.5 Å². The van der Waals surface area contributed by atoms with E-state index in [0.717, 1.165) is 106 Å². The Morgan fingerprint density at radius 3 is 2.05 bits per heavy atom. The van der Waals surface area contributed by atoms with Gasteiger partial charge in [-0.2, -0.15) is 0 Å². The number of aliphatic carboxylic acids is 2. The van der Waals surface area contributed by atoms with Crippen molar-refractivity contribution in [1.29, 1.82) is 0 Å². The fraction of sp³-hybridized carbons (Fsp3) is 0.723. The molecule has 4 saturated carbocycles. The minimum absolute atomic E-state index is 0.00890. The van der Waals surface area contributed by atoms with Crippen molar-refractivity contribution in [2.45, 2.75) is 225 Å². The van der Waals surface area contributed by atoms with Crippen molar-refractivity contribution in [1.82, 2.24) is 0 Å². The monoisotopic (exact) mass is 1050 g/mol.